The van der Waals surface area contributed by atoms with E-state index in [0.717, 1.165) is 19.0 Å². The molecule has 7 nitrogen and oxygen atoms in total. The third-order valence-electron chi connectivity index (χ3n) is 3.35. The van der Waals surface area contributed by atoms with E-state index in [9.17, 15) is 0 Å². The molecule has 2 heterocycles. The van der Waals surface area contributed by atoms with E-state index in [1.54, 1.807) is 4.68 Å². The minimum atomic E-state index is 0.182. The molecule has 0 atom stereocenters. The third-order valence-corrected chi connectivity index (χ3v) is 3.35. The van der Waals surface area contributed by atoms with Crippen LogP contribution in [0.25, 0.3) is 0 Å². The van der Waals surface area contributed by atoms with Gasteiger partial charge < -0.3 is 10.6 Å². The number of nitriles is 1. The van der Waals surface area contributed by atoms with Crippen LogP contribution in [0.3, 0.4) is 0 Å². The molecule has 0 aromatic carbocycles. The largest absolute Gasteiger partial charge is 0.370 e. The van der Waals surface area contributed by atoms with Crippen LogP contribution in [0, 0.1) is 17.2 Å². The van der Waals surface area contributed by atoms with E-state index in [1.807, 2.05) is 6.07 Å². The van der Waals surface area contributed by atoms with E-state index in [0.29, 0.717) is 19.0 Å². The summed E-state index contributed by atoms with van der Waals surface area (Å²) in [5.41, 5.74) is 5.97. The van der Waals surface area contributed by atoms with Crippen LogP contribution in [-0.4, -0.2) is 45.3 Å². The zero-order valence-electron chi connectivity index (χ0n) is 11.2. The highest BCUT2D eigenvalue weighted by Crippen LogP contribution is 2.15. The van der Waals surface area contributed by atoms with Gasteiger partial charge in [-0.2, -0.15) is 5.26 Å². The van der Waals surface area contributed by atoms with Gasteiger partial charge in [-0.3, -0.25) is 4.99 Å². The van der Waals surface area contributed by atoms with Gasteiger partial charge in [0.05, 0.1) is 13.1 Å². The molecule has 1 saturated heterocycles. The van der Waals surface area contributed by atoms with E-state index in [2.05, 4.69) is 26.9 Å². The number of piperidine rings is 1. The quantitative estimate of drug-likeness (QED) is 0.619. The van der Waals surface area contributed by atoms with Crippen molar-refractivity contribution in [1.82, 2.24) is 19.7 Å². The molecule has 1 aliphatic heterocycles. The molecule has 2 N–H and O–H groups in total. The van der Waals surface area contributed by atoms with Crippen LogP contribution in [0.2, 0.25) is 0 Å². The summed E-state index contributed by atoms with van der Waals surface area (Å²) in [7, 11) is 0. The van der Waals surface area contributed by atoms with Crippen LogP contribution in [0.15, 0.2) is 11.3 Å². The number of aromatic nitrogens is 3. The van der Waals surface area contributed by atoms with Gasteiger partial charge in [0.25, 0.3) is 5.82 Å². The minimum absolute atomic E-state index is 0.182. The topological polar surface area (TPSA) is 96.1 Å². The van der Waals surface area contributed by atoms with Crippen LogP contribution in [0.4, 0.5) is 0 Å². The van der Waals surface area contributed by atoms with E-state index >= 15 is 0 Å². The van der Waals surface area contributed by atoms with Crippen molar-refractivity contribution in [2.24, 2.45) is 16.6 Å². The normalized spacial score (nSPS) is 17.5. The Kier molecular flexibility index (Phi) is 4.34. The molecule has 1 aliphatic rings. The second kappa shape index (κ2) is 6.18. The van der Waals surface area contributed by atoms with Crippen molar-refractivity contribution in [3.05, 3.63) is 12.2 Å². The number of nitrogens with zero attached hydrogens (tertiary/aromatic N) is 6. The van der Waals surface area contributed by atoms with Gasteiger partial charge in [-0.05, 0) is 18.8 Å². The molecule has 0 aliphatic carbocycles. The minimum Gasteiger partial charge on any atom is -0.370 e. The summed E-state index contributed by atoms with van der Waals surface area (Å²) < 4.78 is 1.60. The second-order valence-corrected chi connectivity index (χ2v) is 4.85. The number of guanidine groups is 1. The van der Waals surface area contributed by atoms with Gasteiger partial charge in [-0.15, -0.1) is 5.10 Å². The van der Waals surface area contributed by atoms with Crippen LogP contribution in [-0.2, 0) is 6.54 Å². The Morgan fingerprint density at radius 1 is 1.58 bits per heavy atom. The summed E-state index contributed by atoms with van der Waals surface area (Å²) in [4.78, 5) is 10.3. The third kappa shape index (κ3) is 3.68. The van der Waals surface area contributed by atoms with Crippen LogP contribution in [0.5, 0.6) is 0 Å². The van der Waals surface area contributed by atoms with E-state index < -0.39 is 0 Å². The molecule has 0 bridgehead atoms. The highest BCUT2D eigenvalue weighted by Gasteiger charge is 2.16. The molecule has 0 amide bonds. The van der Waals surface area contributed by atoms with E-state index in [-0.39, 0.29) is 5.82 Å². The maximum atomic E-state index is 8.61. The molecular weight excluding hydrogens is 242 g/mol. The number of hydrogen-bond acceptors (Lipinski definition) is 4. The van der Waals surface area contributed by atoms with Crippen molar-refractivity contribution in [1.29, 1.82) is 5.26 Å². The summed E-state index contributed by atoms with van der Waals surface area (Å²) in [6.07, 6.45) is 3.88. The fourth-order valence-electron chi connectivity index (χ4n) is 2.06. The van der Waals surface area contributed by atoms with Crippen molar-refractivity contribution in [2.75, 3.05) is 19.6 Å². The second-order valence-electron chi connectivity index (χ2n) is 4.85. The molecule has 1 aromatic heterocycles. The lowest BCUT2D eigenvalue weighted by molar-refractivity contribution is 0.277. The molecular formula is C12H19N7. The standard InChI is InChI=1S/C12H19N7/c1-10-2-5-18(6-3-10)12(14)15-4-7-19-9-16-11(8-13)17-19/h9-10H,2-7H2,1H3,(H2,14,15). The van der Waals surface area contributed by atoms with Crippen molar-refractivity contribution < 1.29 is 0 Å². The Morgan fingerprint density at radius 3 is 2.95 bits per heavy atom. The first kappa shape index (κ1) is 13.3. The predicted octanol–water partition coefficient (Wildman–Crippen LogP) is 0.196. The number of likely N-dealkylation sites (tertiary alicyclic amines) is 1. The van der Waals surface area contributed by atoms with Crippen LogP contribution in [0.1, 0.15) is 25.6 Å². The molecule has 0 unspecified atom stereocenters. The first-order chi connectivity index (χ1) is 9.19. The zero-order chi connectivity index (χ0) is 13.7. The van der Waals surface area contributed by atoms with E-state index in [4.69, 9.17) is 11.0 Å². The van der Waals surface area contributed by atoms with Gasteiger partial charge in [0.15, 0.2) is 5.96 Å². The SMILES string of the molecule is CC1CCN(C(N)=NCCn2cnc(C#N)n2)CC1. The molecule has 0 saturated carbocycles. The van der Waals surface area contributed by atoms with Crippen molar-refractivity contribution in [2.45, 2.75) is 26.3 Å². The summed E-state index contributed by atoms with van der Waals surface area (Å²) in [5.74, 6) is 1.57. The fourth-order valence-corrected chi connectivity index (χ4v) is 2.06. The lowest BCUT2D eigenvalue weighted by Crippen LogP contribution is -2.42. The molecule has 2 rings (SSSR count). The summed E-state index contributed by atoms with van der Waals surface area (Å²) in [6, 6.07) is 1.89. The van der Waals surface area contributed by atoms with E-state index in [1.165, 1.54) is 19.2 Å². The molecule has 0 spiro atoms. The molecule has 102 valence electrons. The maximum Gasteiger partial charge on any atom is 0.252 e. The number of aliphatic imine (C=N–C) groups is 1. The monoisotopic (exact) mass is 261 g/mol. The molecule has 1 aromatic rings. The summed E-state index contributed by atoms with van der Waals surface area (Å²) in [5, 5.41) is 12.6. The lowest BCUT2D eigenvalue weighted by Gasteiger charge is -2.31. The highest BCUT2D eigenvalue weighted by atomic mass is 15.3. The molecule has 19 heavy (non-hydrogen) atoms. The fraction of sp³-hybridized carbons (Fsp3) is 0.667. The Balaban J connectivity index is 1.80. The van der Waals surface area contributed by atoms with Gasteiger partial charge in [0, 0.05) is 13.1 Å². The Morgan fingerprint density at radius 2 is 2.32 bits per heavy atom. The summed E-state index contributed by atoms with van der Waals surface area (Å²) >= 11 is 0. The highest BCUT2D eigenvalue weighted by molar-refractivity contribution is 5.78. The zero-order valence-corrected chi connectivity index (χ0v) is 11.2. The van der Waals surface area contributed by atoms with Gasteiger partial charge in [-0.1, -0.05) is 6.92 Å². The number of nitrogens with two attached hydrogens (primary N) is 1. The Labute approximate surface area is 112 Å². The average molecular weight is 261 g/mol. The number of rotatable bonds is 3. The van der Waals surface area contributed by atoms with Gasteiger partial charge in [0.1, 0.15) is 12.4 Å². The van der Waals surface area contributed by atoms with Crippen molar-refractivity contribution >= 4 is 5.96 Å². The van der Waals surface area contributed by atoms with Gasteiger partial charge in [0.2, 0.25) is 0 Å². The van der Waals surface area contributed by atoms with Gasteiger partial charge in [-0.25, -0.2) is 9.67 Å². The van der Waals surface area contributed by atoms with Crippen LogP contribution < -0.4 is 5.73 Å². The smallest absolute Gasteiger partial charge is 0.252 e. The first-order valence-electron chi connectivity index (χ1n) is 6.53. The van der Waals surface area contributed by atoms with Crippen molar-refractivity contribution in [3.63, 3.8) is 0 Å². The molecule has 7 heteroatoms. The predicted molar refractivity (Wildman–Crippen MR) is 71.2 cm³/mol. The Bertz CT molecular complexity index is 477. The Hall–Kier alpha value is -2.10. The molecule has 1 fully saturated rings. The number of hydrogen-bond donors (Lipinski definition) is 1. The maximum absolute atomic E-state index is 8.61. The first-order valence-corrected chi connectivity index (χ1v) is 6.53. The average Bonchev–Trinajstić information content (AvgIpc) is 2.87. The summed E-state index contributed by atoms with van der Waals surface area (Å²) in [6.45, 7) is 5.37. The van der Waals surface area contributed by atoms with Crippen molar-refractivity contribution in [3.8, 4) is 6.07 Å². The lowest BCUT2D eigenvalue weighted by atomic mass is 10.00. The molecule has 0 radical (unpaired) electrons. The van der Waals surface area contributed by atoms with Crippen LogP contribution >= 0.6 is 0 Å². The van der Waals surface area contributed by atoms with Gasteiger partial charge >= 0.3 is 0 Å².